The van der Waals surface area contributed by atoms with E-state index in [1.54, 1.807) is 13.3 Å². The van der Waals surface area contributed by atoms with E-state index in [1.165, 1.54) is 12.8 Å². The molecule has 6 heteroatoms. The summed E-state index contributed by atoms with van der Waals surface area (Å²) in [4.78, 5) is 23.4. The first-order valence-electron chi connectivity index (χ1n) is 9.52. The van der Waals surface area contributed by atoms with E-state index >= 15 is 0 Å². The minimum absolute atomic E-state index is 0.298. The zero-order chi connectivity index (χ0) is 17.6. The smallest absolute Gasteiger partial charge is 0.222 e. The van der Waals surface area contributed by atoms with Crippen molar-refractivity contribution in [1.29, 1.82) is 0 Å². The van der Waals surface area contributed by atoms with Crippen molar-refractivity contribution >= 4 is 11.7 Å². The maximum absolute atomic E-state index is 12.7. The molecule has 0 bridgehead atoms. The molecule has 138 valence electrons. The Morgan fingerprint density at radius 1 is 1.28 bits per heavy atom. The van der Waals surface area contributed by atoms with Crippen molar-refractivity contribution in [3.8, 4) is 0 Å². The lowest BCUT2D eigenvalue weighted by atomic mass is 9.82. The van der Waals surface area contributed by atoms with Gasteiger partial charge in [0.1, 0.15) is 11.6 Å². The number of nitrogens with one attached hydrogen (secondary N) is 1. The van der Waals surface area contributed by atoms with Gasteiger partial charge in [0.15, 0.2) is 0 Å². The molecular weight excluding hydrogens is 316 g/mol. The Hall–Kier alpha value is -1.69. The number of aromatic nitrogens is 2. The summed E-state index contributed by atoms with van der Waals surface area (Å²) in [7, 11) is 1.76. The number of carbonyl (C=O) groups excluding carboxylic acids is 1. The van der Waals surface area contributed by atoms with Crippen LogP contribution >= 0.6 is 0 Å². The molecule has 1 saturated heterocycles. The van der Waals surface area contributed by atoms with Crippen LogP contribution in [0.25, 0.3) is 0 Å². The van der Waals surface area contributed by atoms with Crippen molar-refractivity contribution in [3.05, 3.63) is 18.1 Å². The van der Waals surface area contributed by atoms with Gasteiger partial charge in [0.2, 0.25) is 5.91 Å². The number of aryl methyl sites for hydroxylation is 1. The lowest BCUT2D eigenvalue weighted by Gasteiger charge is -2.36. The van der Waals surface area contributed by atoms with E-state index in [4.69, 9.17) is 4.74 Å². The largest absolute Gasteiger partial charge is 0.381 e. The highest BCUT2D eigenvalue weighted by Crippen LogP contribution is 2.30. The molecule has 0 aromatic carbocycles. The minimum atomic E-state index is 0.298. The third-order valence-corrected chi connectivity index (χ3v) is 5.58. The van der Waals surface area contributed by atoms with E-state index in [1.807, 2.05) is 17.9 Å². The van der Waals surface area contributed by atoms with E-state index in [0.29, 0.717) is 30.4 Å². The van der Waals surface area contributed by atoms with Crippen molar-refractivity contribution in [1.82, 2.24) is 14.9 Å². The van der Waals surface area contributed by atoms with Crippen LogP contribution in [0.4, 0.5) is 5.82 Å². The second-order valence-corrected chi connectivity index (χ2v) is 7.30. The van der Waals surface area contributed by atoms with Crippen LogP contribution in [0.2, 0.25) is 0 Å². The molecule has 1 aromatic heterocycles. The lowest BCUT2D eigenvalue weighted by molar-refractivity contribution is -0.134. The molecule has 2 fully saturated rings. The number of hydrogen-bond donors (Lipinski definition) is 1. The predicted octanol–water partition coefficient (Wildman–Crippen LogP) is 2.78. The van der Waals surface area contributed by atoms with Crippen LogP contribution in [0.15, 0.2) is 12.3 Å². The molecule has 25 heavy (non-hydrogen) atoms. The third-order valence-electron chi connectivity index (χ3n) is 5.58. The standard InChI is InChI=1S/C19H30N4O2/c1-14-20-10-7-18(21-14)22-17-6-4-3-5-15(17)13-19(24)23-11-8-16(25-2)9-12-23/h7,10,15-17H,3-6,8-9,11-13H2,1-2H3,(H,20,21,22)/t15-,17-/m0/s1. The molecule has 0 radical (unpaired) electrons. The number of ether oxygens (including phenoxy) is 1. The number of methoxy groups -OCH3 is 1. The average Bonchev–Trinajstić information content (AvgIpc) is 2.63. The van der Waals surface area contributed by atoms with E-state index in [-0.39, 0.29) is 0 Å². The van der Waals surface area contributed by atoms with Crippen LogP contribution < -0.4 is 5.32 Å². The first-order valence-corrected chi connectivity index (χ1v) is 9.52. The van der Waals surface area contributed by atoms with Crippen LogP contribution in [0.1, 0.15) is 50.8 Å². The first-order chi connectivity index (χ1) is 12.2. The topological polar surface area (TPSA) is 67.3 Å². The van der Waals surface area contributed by atoms with Crippen molar-refractivity contribution < 1.29 is 9.53 Å². The molecule has 3 rings (SSSR count). The van der Waals surface area contributed by atoms with Gasteiger partial charge in [0.05, 0.1) is 6.10 Å². The summed E-state index contributed by atoms with van der Waals surface area (Å²) in [6, 6.07) is 2.24. The SMILES string of the molecule is COC1CCN(C(=O)C[C@@H]2CCCC[C@@H]2Nc2ccnc(C)n2)CC1. The highest BCUT2D eigenvalue weighted by atomic mass is 16.5. The number of hydrogen-bond acceptors (Lipinski definition) is 5. The molecule has 2 aliphatic rings. The lowest BCUT2D eigenvalue weighted by Crippen LogP contribution is -2.43. The summed E-state index contributed by atoms with van der Waals surface area (Å²) in [6.45, 7) is 3.55. The van der Waals surface area contributed by atoms with E-state index < -0.39 is 0 Å². The molecule has 1 aliphatic heterocycles. The molecular formula is C19H30N4O2. The van der Waals surface area contributed by atoms with Gasteiger partial charge in [0, 0.05) is 38.9 Å². The van der Waals surface area contributed by atoms with Gasteiger partial charge in [-0.25, -0.2) is 9.97 Å². The highest BCUT2D eigenvalue weighted by Gasteiger charge is 2.30. The monoisotopic (exact) mass is 346 g/mol. The molecule has 1 amide bonds. The van der Waals surface area contributed by atoms with E-state index in [9.17, 15) is 4.79 Å². The van der Waals surface area contributed by atoms with E-state index in [2.05, 4.69) is 15.3 Å². The number of carbonyl (C=O) groups is 1. The van der Waals surface area contributed by atoms with Crippen LogP contribution in [0, 0.1) is 12.8 Å². The zero-order valence-electron chi connectivity index (χ0n) is 15.4. The summed E-state index contributed by atoms with van der Waals surface area (Å²) in [6.07, 6.45) is 9.29. The number of anilines is 1. The summed E-state index contributed by atoms with van der Waals surface area (Å²) in [5.41, 5.74) is 0. The molecule has 0 spiro atoms. The number of nitrogens with zero attached hydrogens (tertiary/aromatic N) is 3. The van der Waals surface area contributed by atoms with Gasteiger partial charge in [-0.1, -0.05) is 12.8 Å². The molecule has 2 heterocycles. The number of amides is 1. The van der Waals surface area contributed by atoms with Gasteiger partial charge in [-0.05, 0) is 44.6 Å². The second-order valence-electron chi connectivity index (χ2n) is 7.30. The normalized spacial score (nSPS) is 25.0. The predicted molar refractivity (Wildman–Crippen MR) is 97.4 cm³/mol. The second kappa shape index (κ2) is 8.61. The Kier molecular flexibility index (Phi) is 6.24. The van der Waals surface area contributed by atoms with Gasteiger partial charge >= 0.3 is 0 Å². The quantitative estimate of drug-likeness (QED) is 0.888. The van der Waals surface area contributed by atoms with Gasteiger partial charge in [-0.2, -0.15) is 0 Å². The fourth-order valence-corrected chi connectivity index (χ4v) is 4.06. The zero-order valence-corrected chi connectivity index (χ0v) is 15.4. The third kappa shape index (κ3) is 4.91. The average molecular weight is 346 g/mol. The van der Waals surface area contributed by atoms with Crippen LogP contribution in [-0.2, 0) is 9.53 Å². The molecule has 1 saturated carbocycles. The summed E-state index contributed by atoms with van der Waals surface area (Å²) >= 11 is 0. The first kappa shape index (κ1) is 18.1. The van der Waals surface area contributed by atoms with Gasteiger partial charge < -0.3 is 15.0 Å². The highest BCUT2D eigenvalue weighted by molar-refractivity contribution is 5.76. The molecule has 2 atom stereocenters. The van der Waals surface area contributed by atoms with Crippen LogP contribution in [0.5, 0.6) is 0 Å². The van der Waals surface area contributed by atoms with Gasteiger partial charge in [0.25, 0.3) is 0 Å². The van der Waals surface area contributed by atoms with Crippen molar-refractivity contribution in [2.45, 2.75) is 64.0 Å². The van der Waals surface area contributed by atoms with Gasteiger partial charge in [-0.15, -0.1) is 0 Å². The van der Waals surface area contributed by atoms with Gasteiger partial charge in [-0.3, -0.25) is 4.79 Å². The van der Waals surface area contributed by atoms with Crippen LogP contribution in [-0.4, -0.2) is 53.1 Å². The van der Waals surface area contributed by atoms with Crippen LogP contribution in [0.3, 0.4) is 0 Å². The fourth-order valence-electron chi connectivity index (χ4n) is 4.06. The van der Waals surface area contributed by atoms with Crippen molar-refractivity contribution in [3.63, 3.8) is 0 Å². The van der Waals surface area contributed by atoms with Crippen molar-refractivity contribution in [2.75, 3.05) is 25.5 Å². The Morgan fingerprint density at radius 3 is 2.76 bits per heavy atom. The molecule has 0 unspecified atom stereocenters. The number of rotatable bonds is 5. The minimum Gasteiger partial charge on any atom is -0.381 e. The summed E-state index contributed by atoms with van der Waals surface area (Å²) in [5.74, 6) is 2.33. The maximum Gasteiger partial charge on any atom is 0.222 e. The Morgan fingerprint density at radius 2 is 2.04 bits per heavy atom. The Balaban J connectivity index is 1.56. The maximum atomic E-state index is 12.7. The molecule has 6 nitrogen and oxygen atoms in total. The molecule has 1 N–H and O–H groups in total. The van der Waals surface area contributed by atoms with E-state index in [0.717, 1.165) is 50.4 Å². The molecule has 1 aliphatic carbocycles. The summed E-state index contributed by atoms with van der Waals surface area (Å²) in [5, 5.41) is 3.55. The number of piperidine rings is 1. The van der Waals surface area contributed by atoms with Crippen molar-refractivity contribution in [2.24, 2.45) is 5.92 Å². The number of likely N-dealkylation sites (tertiary alicyclic amines) is 1. The summed E-state index contributed by atoms with van der Waals surface area (Å²) < 4.78 is 5.40. The Bertz CT molecular complexity index is 572. The fraction of sp³-hybridized carbons (Fsp3) is 0.737. The Labute approximate surface area is 150 Å². The molecule has 1 aromatic rings.